The first-order valence-corrected chi connectivity index (χ1v) is 8.25. The van der Waals surface area contributed by atoms with Gasteiger partial charge in [0, 0.05) is 18.7 Å². The number of aryl methyl sites for hydroxylation is 1. The van der Waals surface area contributed by atoms with Crippen LogP contribution in [-0.4, -0.2) is 31.0 Å². The van der Waals surface area contributed by atoms with Gasteiger partial charge in [0.05, 0.1) is 7.11 Å². The molecule has 3 rings (SSSR count). The van der Waals surface area contributed by atoms with Gasteiger partial charge in [-0.25, -0.2) is 4.39 Å². The topological polar surface area (TPSA) is 29.5 Å². The molecule has 0 spiro atoms. The smallest absolute Gasteiger partial charge is 0.253 e. The van der Waals surface area contributed by atoms with Crippen LogP contribution in [-0.2, 0) is 6.42 Å². The first-order valence-electron chi connectivity index (χ1n) is 8.25. The van der Waals surface area contributed by atoms with E-state index in [1.54, 1.807) is 26.2 Å². The Hall–Kier alpha value is -2.36. The fourth-order valence-electron chi connectivity index (χ4n) is 3.27. The van der Waals surface area contributed by atoms with Gasteiger partial charge in [-0.1, -0.05) is 12.1 Å². The van der Waals surface area contributed by atoms with Crippen molar-refractivity contribution in [1.29, 1.82) is 0 Å². The highest BCUT2D eigenvalue weighted by atomic mass is 19.1. The summed E-state index contributed by atoms with van der Waals surface area (Å²) in [6, 6.07) is 12.5. The van der Waals surface area contributed by atoms with Gasteiger partial charge in [0.15, 0.2) is 0 Å². The van der Waals surface area contributed by atoms with E-state index >= 15 is 0 Å². The molecular formula is C20H22FNO2. The van der Waals surface area contributed by atoms with Crippen molar-refractivity contribution in [3.8, 4) is 5.75 Å². The number of rotatable bonds is 4. The number of hydrogen-bond acceptors (Lipinski definition) is 2. The Balaban J connectivity index is 1.61. The van der Waals surface area contributed by atoms with Crippen LogP contribution in [0, 0.1) is 18.7 Å². The van der Waals surface area contributed by atoms with Crippen LogP contribution < -0.4 is 4.74 Å². The largest absolute Gasteiger partial charge is 0.497 e. The molecule has 24 heavy (non-hydrogen) atoms. The number of ether oxygens (including phenoxy) is 1. The lowest BCUT2D eigenvalue weighted by Crippen LogP contribution is -2.28. The van der Waals surface area contributed by atoms with Crippen molar-refractivity contribution >= 4 is 5.91 Å². The van der Waals surface area contributed by atoms with Crippen LogP contribution in [0.2, 0.25) is 0 Å². The minimum absolute atomic E-state index is 0.0652. The Bertz CT molecular complexity index is 727. The minimum atomic E-state index is -0.165. The summed E-state index contributed by atoms with van der Waals surface area (Å²) in [5.41, 5.74) is 2.50. The van der Waals surface area contributed by atoms with E-state index in [1.807, 2.05) is 29.2 Å². The van der Waals surface area contributed by atoms with Crippen LogP contribution in [0.5, 0.6) is 5.75 Å². The van der Waals surface area contributed by atoms with Crippen LogP contribution in [0.1, 0.15) is 27.9 Å². The zero-order valence-corrected chi connectivity index (χ0v) is 14.1. The predicted molar refractivity (Wildman–Crippen MR) is 91.8 cm³/mol. The van der Waals surface area contributed by atoms with Crippen molar-refractivity contribution in [3.05, 3.63) is 65.0 Å². The molecule has 1 aliphatic heterocycles. The molecule has 1 heterocycles. The number of carbonyl (C=O) groups is 1. The summed E-state index contributed by atoms with van der Waals surface area (Å²) in [6.07, 6.45) is 1.87. The zero-order valence-electron chi connectivity index (χ0n) is 14.1. The van der Waals surface area contributed by atoms with E-state index < -0.39 is 0 Å². The number of benzene rings is 2. The molecule has 0 saturated carbocycles. The first-order chi connectivity index (χ1) is 11.6. The second kappa shape index (κ2) is 7.04. The molecule has 0 aromatic heterocycles. The molecule has 1 amide bonds. The number of hydrogen-bond donors (Lipinski definition) is 0. The third-order valence-electron chi connectivity index (χ3n) is 4.66. The highest BCUT2D eigenvalue weighted by Crippen LogP contribution is 2.24. The highest BCUT2D eigenvalue weighted by molar-refractivity contribution is 5.94. The van der Waals surface area contributed by atoms with E-state index in [1.165, 1.54) is 6.07 Å². The van der Waals surface area contributed by atoms with E-state index in [9.17, 15) is 9.18 Å². The summed E-state index contributed by atoms with van der Waals surface area (Å²) < 4.78 is 18.5. The molecule has 1 saturated heterocycles. The normalized spacial score (nSPS) is 17.1. The van der Waals surface area contributed by atoms with Gasteiger partial charge >= 0.3 is 0 Å². The molecular weight excluding hydrogens is 305 g/mol. The number of amides is 1. The molecule has 0 N–H and O–H groups in total. The van der Waals surface area contributed by atoms with E-state index in [-0.39, 0.29) is 11.7 Å². The molecule has 0 radical (unpaired) electrons. The van der Waals surface area contributed by atoms with Gasteiger partial charge in [-0.3, -0.25) is 4.79 Å². The molecule has 0 bridgehead atoms. The lowest BCUT2D eigenvalue weighted by atomic mass is 9.97. The molecule has 1 unspecified atom stereocenters. The summed E-state index contributed by atoms with van der Waals surface area (Å²) in [4.78, 5) is 14.5. The van der Waals surface area contributed by atoms with E-state index in [4.69, 9.17) is 4.74 Å². The summed E-state index contributed by atoms with van der Waals surface area (Å²) in [7, 11) is 1.61. The maximum Gasteiger partial charge on any atom is 0.253 e. The standard InChI is InChI=1S/C20H22FNO2/c1-14-11-15(3-8-19(14)21)12-16-9-10-22(13-16)20(23)17-4-6-18(24-2)7-5-17/h3-8,11,16H,9-10,12-13H2,1-2H3. The summed E-state index contributed by atoms with van der Waals surface area (Å²) in [6.45, 7) is 3.31. The maximum atomic E-state index is 13.4. The average molecular weight is 327 g/mol. The molecule has 2 aromatic rings. The Kier molecular flexibility index (Phi) is 4.84. The second-order valence-electron chi connectivity index (χ2n) is 6.42. The average Bonchev–Trinajstić information content (AvgIpc) is 3.06. The molecule has 1 fully saturated rings. The minimum Gasteiger partial charge on any atom is -0.497 e. The van der Waals surface area contributed by atoms with E-state index in [0.29, 0.717) is 17.0 Å². The lowest BCUT2D eigenvalue weighted by Gasteiger charge is -2.17. The predicted octanol–water partition coefficient (Wildman–Crippen LogP) is 3.85. The summed E-state index contributed by atoms with van der Waals surface area (Å²) >= 11 is 0. The molecule has 3 nitrogen and oxygen atoms in total. The molecule has 0 aliphatic carbocycles. The highest BCUT2D eigenvalue weighted by Gasteiger charge is 2.27. The number of halogens is 1. The van der Waals surface area contributed by atoms with Gasteiger partial charge in [0.2, 0.25) is 0 Å². The molecule has 1 atom stereocenters. The van der Waals surface area contributed by atoms with Gasteiger partial charge in [0.1, 0.15) is 11.6 Å². The van der Waals surface area contributed by atoms with Gasteiger partial charge in [0.25, 0.3) is 5.91 Å². The third kappa shape index (κ3) is 3.58. The Morgan fingerprint density at radius 3 is 2.67 bits per heavy atom. The van der Waals surface area contributed by atoms with Crippen molar-refractivity contribution in [2.45, 2.75) is 19.8 Å². The van der Waals surface area contributed by atoms with Crippen LogP contribution >= 0.6 is 0 Å². The molecule has 126 valence electrons. The van der Waals surface area contributed by atoms with Crippen molar-refractivity contribution in [1.82, 2.24) is 4.90 Å². The summed E-state index contributed by atoms with van der Waals surface area (Å²) in [5.74, 6) is 1.08. The monoisotopic (exact) mass is 327 g/mol. The van der Waals surface area contributed by atoms with Crippen molar-refractivity contribution in [3.63, 3.8) is 0 Å². The lowest BCUT2D eigenvalue weighted by molar-refractivity contribution is 0.0787. The molecule has 1 aliphatic rings. The van der Waals surface area contributed by atoms with Crippen LogP contribution in [0.25, 0.3) is 0 Å². The molecule has 2 aromatic carbocycles. The van der Waals surface area contributed by atoms with Crippen molar-refractivity contribution in [2.75, 3.05) is 20.2 Å². The third-order valence-corrected chi connectivity index (χ3v) is 4.66. The maximum absolute atomic E-state index is 13.4. The Labute approximate surface area is 142 Å². The van der Waals surface area contributed by atoms with Crippen molar-refractivity contribution < 1.29 is 13.9 Å². The van der Waals surface area contributed by atoms with Gasteiger partial charge < -0.3 is 9.64 Å². The fourth-order valence-corrected chi connectivity index (χ4v) is 3.27. The number of likely N-dealkylation sites (tertiary alicyclic amines) is 1. The fraction of sp³-hybridized carbons (Fsp3) is 0.350. The van der Waals surface area contributed by atoms with Crippen LogP contribution in [0.3, 0.4) is 0 Å². The number of nitrogens with zero attached hydrogens (tertiary/aromatic N) is 1. The van der Waals surface area contributed by atoms with Crippen molar-refractivity contribution in [2.24, 2.45) is 5.92 Å². The zero-order chi connectivity index (χ0) is 17.1. The Morgan fingerprint density at radius 2 is 2.00 bits per heavy atom. The van der Waals surface area contributed by atoms with Crippen LogP contribution in [0.4, 0.5) is 4.39 Å². The van der Waals surface area contributed by atoms with Crippen LogP contribution in [0.15, 0.2) is 42.5 Å². The second-order valence-corrected chi connectivity index (χ2v) is 6.42. The van der Waals surface area contributed by atoms with Gasteiger partial charge in [-0.15, -0.1) is 0 Å². The summed E-state index contributed by atoms with van der Waals surface area (Å²) in [5, 5.41) is 0. The van der Waals surface area contributed by atoms with E-state index in [2.05, 4.69) is 0 Å². The van der Waals surface area contributed by atoms with E-state index in [0.717, 1.165) is 37.2 Å². The number of carbonyl (C=O) groups excluding carboxylic acids is 1. The number of methoxy groups -OCH3 is 1. The molecule has 4 heteroatoms. The first kappa shape index (κ1) is 16.5. The SMILES string of the molecule is COc1ccc(C(=O)N2CCC(Cc3ccc(F)c(C)c3)C2)cc1. The Morgan fingerprint density at radius 1 is 1.25 bits per heavy atom. The quantitative estimate of drug-likeness (QED) is 0.854. The van der Waals surface area contributed by atoms with Gasteiger partial charge in [-0.2, -0.15) is 0 Å². The van der Waals surface area contributed by atoms with Gasteiger partial charge in [-0.05, 0) is 67.1 Å².